The van der Waals surface area contributed by atoms with Gasteiger partial charge in [0.15, 0.2) is 16.7 Å². The molecule has 2 aromatic carbocycles. The van der Waals surface area contributed by atoms with E-state index in [9.17, 15) is 14.4 Å². The average Bonchev–Trinajstić information content (AvgIpc) is 3.28. The fraction of sp³-hybridized carbons (Fsp3) is 0.296. The van der Waals surface area contributed by atoms with Crippen LogP contribution < -0.4 is 26.1 Å². The molecule has 3 N–H and O–H groups in total. The van der Waals surface area contributed by atoms with Gasteiger partial charge in [-0.1, -0.05) is 30.0 Å². The van der Waals surface area contributed by atoms with Gasteiger partial charge >= 0.3 is 0 Å². The number of para-hydroxylation sites is 1. The number of carbonyl (C=O) groups is 2. The second-order valence-electron chi connectivity index (χ2n) is 8.71. The normalized spacial score (nSPS) is 10.9. The van der Waals surface area contributed by atoms with Gasteiger partial charge in [0, 0.05) is 31.3 Å². The van der Waals surface area contributed by atoms with E-state index in [1.807, 2.05) is 18.2 Å². The highest BCUT2D eigenvalue weighted by Gasteiger charge is 2.17. The van der Waals surface area contributed by atoms with Crippen LogP contribution in [0.2, 0.25) is 0 Å². The molecule has 0 unspecified atom stereocenters. The van der Waals surface area contributed by atoms with Crippen LogP contribution in [0.3, 0.4) is 0 Å². The number of carbonyl (C=O) groups excluding carboxylic acids is 2. The Balaban J connectivity index is 1.42. The highest BCUT2D eigenvalue weighted by atomic mass is 32.2. The Bertz CT molecular complexity index is 1560. The third-order valence-electron chi connectivity index (χ3n) is 6.04. The fourth-order valence-corrected chi connectivity index (χ4v) is 4.95. The van der Waals surface area contributed by atoms with Crippen molar-refractivity contribution >= 4 is 40.3 Å². The molecule has 0 aliphatic heterocycles. The Kier molecular flexibility index (Phi) is 8.87. The molecule has 4 rings (SSSR count). The molecule has 0 saturated heterocycles. The number of nitrogens with one attached hydrogen (secondary N) is 1. The maximum atomic E-state index is 13.3. The van der Waals surface area contributed by atoms with Crippen LogP contribution in [0.25, 0.3) is 10.9 Å². The minimum Gasteiger partial charge on any atom is -0.493 e. The Morgan fingerprint density at radius 1 is 1.08 bits per heavy atom. The molecule has 11 nitrogen and oxygen atoms in total. The summed E-state index contributed by atoms with van der Waals surface area (Å²) in [5.41, 5.74) is 7.55. The summed E-state index contributed by atoms with van der Waals surface area (Å²) in [6.45, 7) is 2.27. The van der Waals surface area contributed by atoms with Crippen LogP contribution >= 0.6 is 11.8 Å². The lowest BCUT2D eigenvalue weighted by Gasteiger charge is -2.13. The van der Waals surface area contributed by atoms with Gasteiger partial charge in [0.25, 0.3) is 11.5 Å². The summed E-state index contributed by atoms with van der Waals surface area (Å²) in [5.74, 6) is 1.01. The number of aryl methyl sites for hydroxylation is 1. The van der Waals surface area contributed by atoms with E-state index in [1.165, 1.54) is 9.25 Å². The number of ether oxygens (including phenoxy) is 2. The molecule has 0 bridgehead atoms. The molecule has 2 aromatic heterocycles. The number of rotatable bonds is 11. The molecule has 0 radical (unpaired) electrons. The molecular weight excluding hydrogens is 520 g/mol. The first-order valence-corrected chi connectivity index (χ1v) is 13.2. The number of nitrogen functional groups attached to an aromatic ring is 1. The Morgan fingerprint density at radius 3 is 2.56 bits per heavy atom. The zero-order chi connectivity index (χ0) is 27.9. The van der Waals surface area contributed by atoms with Gasteiger partial charge in [-0.2, -0.15) is 0 Å². The van der Waals surface area contributed by atoms with E-state index in [-0.39, 0.29) is 41.9 Å². The minimum absolute atomic E-state index is 0.00966. The lowest BCUT2D eigenvalue weighted by atomic mass is 10.1. The SMILES string of the molecule is COc1ccc(CCNC(=O)CCn2c(SCC(=O)n3nc(N)cc3C)nc3ccccc3c2=O)cc1OC. The predicted octanol–water partition coefficient (Wildman–Crippen LogP) is 2.68. The van der Waals surface area contributed by atoms with Gasteiger partial charge in [-0.25, -0.2) is 9.67 Å². The topological polar surface area (TPSA) is 143 Å². The van der Waals surface area contributed by atoms with Gasteiger partial charge in [-0.15, -0.1) is 5.10 Å². The third kappa shape index (κ3) is 6.58. The van der Waals surface area contributed by atoms with Crippen molar-refractivity contribution < 1.29 is 19.1 Å². The average molecular weight is 551 g/mol. The Hall–Kier alpha value is -4.32. The van der Waals surface area contributed by atoms with Crippen LogP contribution in [0, 0.1) is 6.92 Å². The molecule has 0 aliphatic rings. The first-order chi connectivity index (χ1) is 18.8. The number of nitrogens with zero attached hydrogens (tertiary/aromatic N) is 4. The largest absolute Gasteiger partial charge is 0.493 e. The van der Waals surface area contributed by atoms with Crippen molar-refractivity contribution in [3.63, 3.8) is 0 Å². The molecule has 2 heterocycles. The maximum absolute atomic E-state index is 13.3. The molecule has 0 fully saturated rings. The van der Waals surface area contributed by atoms with E-state index < -0.39 is 0 Å². The summed E-state index contributed by atoms with van der Waals surface area (Å²) in [7, 11) is 3.15. The summed E-state index contributed by atoms with van der Waals surface area (Å²) in [5, 5.41) is 7.70. The lowest BCUT2D eigenvalue weighted by Crippen LogP contribution is -2.30. The van der Waals surface area contributed by atoms with Crippen LogP contribution in [-0.4, -0.2) is 57.7 Å². The molecule has 0 atom stereocenters. The number of hydrogen-bond donors (Lipinski definition) is 2. The molecule has 0 spiro atoms. The van der Waals surface area contributed by atoms with Crippen molar-refractivity contribution in [2.75, 3.05) is 32.3 Å². The van der Waals surface area contributed by atoms with Crippen LogP contribution in [0.15, 0.2) is 58.5 Å². The number of anilines is 1. The number of hydrogen-bond acceptors (Lipinski definition) is 9. The van der Waals surface area contributed by atoms with Crippen molar-refractivity contribution in [3.05, 3.63) is 70.1 Å². The molecular formula is C27H30N6O5S. The molecule has 0 aliphatic carbocycles. The van der Waals surface area contributed by atoms with Gasteiger partial charge in [0.2, 0.25) is 5.91 Å². The van der Waals surface area contributed by atoms with E-state index in [4.69, 9.17) is 15.2 Å². The zero-order valence-electron chi connectivity index (χ0n) is 22.0. The van der Waals surface area contributed by atoms with Gasteiger partial charge in [-0.05, 0) is 43.2 Å². The van der Waals surface area contributed by atoms with E-state index in [1.54, 1.807) is 51.5 Å². The van der Waals surface area contributed by atoms with Crippen molar-refractivity contribution in [2.24, 2.45) is 0 Å². The van der Waals surface area contributed by atoms with Crippen LogP contribution in [0.1, 0.15) is 22.5 Å². The fourth-order valence-electron chi connectivity index (χ4n) is 4.08. The molecule has 204 valence electrons. The maximum Gasteiger partial charge on any atom is 0.262 e. The van der Waals surface area contributed by atoms with Gasteiger partial charge in [0.05, 0.1) is 30.9 Å². The van der Waals surface area contributed by atoms with Crippen LogP contribution in [0.4, 0.5) is 5.82 Å². The van der Waals surface area contributed by atoms with Crippen molar-refractivity contribution in [3.8, 4) is 11.5 Å². The van der Waals surface area contributed by atoms with E-state index in [2.05, 4.69) is 15.4 Å². The standard InChI is InChI=1S/C27H30N6O5S/c1-17-14-23(28)31-33(17)25(35)16-39-27-30-20-7-5-4-6-19(20)26(36)32(27)13-11-24(34)29-12-10-18-8-9-21(37-2)22(15-18)38-3/h4-9,14-15H,10-13,16H2,1-3H3,(H2,28,31)(H,29,34). The molecule has 39 heavy (non-hydrogen) atoms. The third-order valence-corrected chi connectivity index (χ3v) is 7.00. The van der Waals surface area contributed by atoms with Crippen LogP contribution in [0.5, 0.6) is 11.5 Å². The first-order valence-electron chi connectivity index (χ1n) is 12.3. The van der Waals surface area contributed by atoms with Crippen molar-refractivity contribution in [1.29, 1.82) is 0 Å². The summed E-state index contributed by atoms with van der Waals surface area (Å²) < 4.78 is 13.3. The number of fused-ring (bicyclic) bond motifs is 1. The number of amides is 1. The van der Waals surface area contributed by atoms with Crippen molar-refractivity contribution in [1.82, 2.24) is 24.6 Å². The quantitative estimate of drug-likeness (QED) is 0.213. The molecule has 1 amide bonds. The summed E-state index contributed by atoms with van der Waals surface area (Å²) in [6.07, 6.45) is 0.673. The predicted molar refractivity (Wildman–Crippen MR) is 150 cm³/mol. The number of benzene rings is 2. The molecule has 4 aromatic rings. The van der Waals surface area contributed by atoms with Gasteiger partial charge in [0.1, 0.15) is 5.82 Å². The zero-order valence-corrected chi connectivity index (χ0v) is 22.8. The number of nitrogens with two attached hydrogens (primary N) is 1. The van der Waals surface area contributed by atoms with Crippen LogP contribution in [-0.2, 0) is 17.8 Å². The summed E-state index contributed by atoms with van der Waals surface area (Å²) in [4.78, 5) is 43.2. The Labute approximate surface area is 229 Å². The number of aromatic nitrogens is 4. The van der Waals surface area contributed by atoms with Crippen molar-refractivity contribution in [2.45, 2.75) is 31.5 Å². The van der Waals surface area contributed by atoms with Gasteiger partial charge < -0.3 is 20.5 Å². The highest BCUT2D eigenvalue weighted by Crippen LogP contribution is 2.27. The summed E-state index contributed by atoms with van der Waals surface area (Å²) in [6, 6.07) is 14.2. The van der Waals surface area contributed by atoms with E-state index in [0.717, 1.165) is 17.3 Å². The lowest BCUT2D eigenvalue weighted by molar-refractivity contribution is -0.121. The number of methoxy groups -OCH3 is 2. The summed E-state index contributed by atoms with van der Waals surface area (Å²) >= 11 is 1.12. The smallest absolute Gasteiger partial charge is 0.262 e. The van der Waals surface area contributed by atoms with E-state index in [0.29, 0.717) is 46.2 Å². The minimum atomic E-state index is -0.295. The first kappa shape index (κ1) is 27.7. The molecule has 0 saturated carbocycles. The molecule has 12 heteroatoms. The highest BCUT2D eigenvalue weighted by molar-refractivity contribution is 7.99. The Morgan fingerprint density at radius 2 is 1.85 bits per heavy atom. The van der Waals surface area contributed by atoms with Gasteiger partial charge in [-0.3, -0.25) is 19.0 Å². The van der Waals surface area contributed by atoms with E-state index >= 15 is 0 Å². The number of thioether (sulfide) groups is 1. The second kappa shape index (κ2) is 12.5. The monoisotopic (exact) mass is 550 g/mol. The second-order valence-corrected chi connectivity index (χ2v) is 9.65.